The molecule has 0 aliphatic heterocycles. The number of hydrogen-bond acceptors (Lipinski definition) is 5. The summed E-state index contributed by atoms with van der Waals surface area (Å²) in [6, 6.07) is 19.6. The summed E-state index contributed by atoms with van der Waals surface area (Å²) in [4.78, 5) is 12.6. The Morgan fingerprint density at radius 3 is 2.20 bits per heavy atom. The molecule has 0 spiro atoms. The van der Waals surface area contributed by atoms with E-state index in [1.54, 1.807) is 56.7 Å². The third-order valence-corrected chi connectivity index (χ3v) is 4.30. The molecule has 0 unspecified atom stereocenters. The standard InChI is InChI=1S/C24H25NO5/c1-4-15-29-21-14-9-17(16-23(21)28-3)24(26)25-18-10-12-19(13-11-18)30-22-8-6-5-7-20(22)27-2/h5-14,16H,4,15H2,1-3H3,(H,25,26). The van der Waals surface area contributed by atoms with Crippen LogP contribution in [-0.2, 0) is 0 Å². The van der Waals surface area contributed by atoms with Gasteiger partial charge in [0.05, 0.1) is 20.8 Å². The minimum Gasteiger partial charge on any atom is -0.493 e. The highest BCUT2D eigenvalue weighted by atomic mass is 16.5. The predicted octanol–water partition coefficient (Wildman–Crippen LogP) is 5.54. The number of amides is 1. The lowest BCUT2D eigenvalue weighted by molar-refractivity contribution is 0.102. The van der Waals surface area contributed by atoms with Crippen LogP contribution in [0.5, 0.6) is 28.7 Å². The Kier molecular flexibility index (Phi) is 7.16. The normalized spacial score (nSPS) is 10.2. The fourth-order valence-electron chi connectivity index (χ4n) is 2.78. The summed E-state index contributed by atoms with van der Waals surface area (Å²) in [5.74, 6) is 2.81. The monoisotopic (exact) mass is 407 g/mol. The lowest BCUT2D eigenvalue weighted by atomic mass is 10.1. The molecule has 156 valence electrons. The molecule has 0 aliphatic rings. The summed E-state index contributed by atoms with van der Waals surface area (Å²) < 4.78 is 22.1. The van der Waals surface area contributed by atoms with Gasteiger partial charge in [0, 0.05) is 11.3 Å². The van der Waals surface area contributed by atoms with Crippen molar-refractivity contribution >= 4 is 11.6 Å². The molecule has 0 saturated heterocycles. The van der Waals surface area contributed by atoms with Crippen LogP contribution in [0, 0.1) is 0 Å². The minimum atomic E-state index is -0.242. The van der Waals surface area contributed by atoms with Crippen LogP contribution in [-0.4, -0.2) is 26.7 Å². The maximum atomic E-state index is 12.6. The number of nitrogens with one attached hydrogen (secondary N) is 1. The van der Waals surface area contributed by atoms with E-state index < -0.39 is 0 Å². The van der Waals surface area contributed by atoms with Gasteiger partial charge in [-0.2, -0.15) is 0 Å². The van der Waals surface area contributed by atoms with Crippen molar-refractivity contribution in [3.8, 4) is 28.7 Å². The van der Waals surface area contributed by atoms with Crippen LogP contribution in [0.3, 0.4) is 0 Å². The molecule has 0 aromatic heterocycles. The van der Waals surface area contributed by atoms with Crippen LogP contribution >= 0.6 is 0 Å². The number of benzene rings is 3. The lowest BCUT2D eigenvalue weighted by Crippen LogP contribution is -2.12. The minimum absolute atomic E-state index is 0.242. The first-order valence-corrected chi connectivity index (χ1v) is 9.67. The van der Waals surface area contributed by atoms with Gasteiger partial charge in [0.2, 0.25) is 0 Å². The second kappa shape index (κ2) is 10.2. The Bertz CT molecular complexity index is 985. The number of anilines is 1. The molecule has 3 aromatic rings. The molecule has 1 N–H and O–H groups in total. The van der Waals surface area contributed by atoms with Crippen LogP contribution in [0.4, 0.5) is 5.69 Å². The molecule has 6 heteroatoms. The van der Waals surface area contributed by atoms with Gasteiger partial charge < -0.3 is 24.3 Å². The van der Waals surface area contributed by atoms with Crippen molar-refractivity contribution < 1.29 is 23.7 Å². The van der Waals surface area contributed by atoms with Crippen LogP contribution < -0.4 is 24.3 Å². The molecule has 0 atom stereocenters. The summed E-state index contributed by atoms with van der Waals surface area (Å²) in [6.45, 7) is 2.62. The zero-order chi connectivity index (χ0) is 21.3. The molecule has 30 heavy (non-hydrogen) atoms. The van der Waals surface area contributed by atoms with Crippen LogP contribution in [0.1, 0.15) is 23.7 Å². The van der Waals surface area contributed by atoms with Gasteiger partial charge in [0.1, 0.15) is 5.75 Å². The van der Waals surface area contributed by atoms with Gasteiger partial charge in [0.25, 0.3) is 5.91 Å². The zero-order valence-corrected chi connectivity index (χ0v) is 17.3. The van der Waals surface area contributed by atoms with E-state index in [2.05, 4.69) is 5.32 Å². The molecular weight excluding hydrogens is 382 g/mol. The van der Waals surface area contributed by atoms with Gasteiger partial charge in [-0.25, -0.2) is 0 Å². The third kappa shape index (κ3) is 5.23. The Hall–Kier alpha value is -3.67. The van der Waals surface area contributed by atoms with E-state index in [-0.39, 0.29) is 5.91 Å². The van der Waals surface area contributed by atoms with Crippen LogP contribution in [0.25, 0.3) is 0 Å². The van der Waals surface area contributed by atoms with Crippen molar-refractivity contribution in [1.82, 2.24) is 0 Å². The van der Waals surface area contributed by atoms with E-state index in [1.165, 1.54) is 0 Å². The first kappa shape index (κ1) is 21.0. The summed E-state index contributed by atoms with van der Waals surface area (Å²) in [5, 5.41) is 2.87. The lowest BCUT2D eigenvalue weighted by Gasteiger charge is -2.12. The molecule has 0 fully saturated rings. The van der Waals surface area contributed by atoms with E-state index >= 15 is 0 Å². The highest BCUT2D eigenvalue weighted by molar-refractivity contribution is 6.04. The largest absolute Gasteiger partial charge is 0.493 e. The molecule has 1 amide bonds. The first-order chi connectivity index (χ1) is 14.6. The molecule has 0 radical (unpaired) electrons. The molecule has 3 rings (SSSR count). The summed E-state index contributed by atoms with van der Waals surface area (Å²) in [5.41, 5.74) is 1.13. The second-order valence-electron chi connectivity index (χ2n) is 6.45. The fraction of sp³-hybridized carbons (Fsp3) is 0.208. The van der Waals surface area contributed by atoms with E-state index in [9.17, 15) is 4.79 Å². The van der Waals surface area contributed by atoms with Gasteiger partial charge in [0.15, 0.2) is 23.0 Å². The summed E-state index contributed by atoms with van der Waals surface area (Å²) >= 11 is 0. The highest BCUT2D eigenvalue weighted by Gasteiger charge is 2.12. The predicted molar refractivity (Wildman–Crippen MR) is 116 cm³/mol. The van der Waals surface area contributed by atoms with Crippen molar-refractivity contribution in [2.75, 3.05) is 26.1 Å². The van der Waals surface area contributed by atoms with Crippen LogP contribution in [0.2, 0.25) is 0 Å². The number of para-hydroxylation sites is 2. The number of carbonyl (C=O) groups excluding carboxylic acids is 1. The average molecular weight is 407 g/mol. The van der Waals surface area contributed by atoms with Crippen molar-refractivity contribution in [2.45, 2.75) is 13.3 Å². The van der Waals surface area contributed by atoms with Crippen molar-refractivity contribution in [1.29, 1.82) is 0 Å². The Labute approximate surface area is 176 Å². The Morgan fingerprint density at radius 1 is 0.833 bits per heavy atom. The van der Waals surface area contributed by atoms with Gasteiger partial charge in [-0.3, -0.25) is 4.79 Å². The molecule has 0 saturated carbocycles. The summed E-state index contributed by atoms with van der Waals surface area (Å²) in [6.07, 6.45) is 0.891. The smallest absolute Gasteiger partial charge is 0.255 e. The topological polar surface area (TPSA) is 66.0 Å². The second-order valence-corrected chi connectivity index (χ2v) is 6.45. The maximum absolute atomic E-state index is 12.6. The first-order valence-electron chi connectivity index (χ1n) is 9.67. The van der Waals surface area contributed by atoms with Gasteiger partial charge >= 0.3 is 0 Å². The number of hydrogen-bond donors (Lipinski definition) is 1. The van der Waals surface area contributed by atoms with Crippen LogP contribution in [0.15, 0.2) is 66.7 Å². The number of carbonyl (C=O) groups is 1. The fourth-order valence-corrected chi connectivity index (χ4v) is 2.78. The van der Waals surface area contributed by atoms with Gasteiger partial charge in [-0.05, 0) is 61.0 Å². The Balaban J connectivity index is 1.67. The quantitative estimate of drug-likeness (QED) is 0.505. The van der Waals surface area contributed by atoms with E-state index in [4.69, 9.17) is 18.9 Å². The van der Waals surface area contributed by atoms with E-state index in [0.29, 0.717) is 46.6 Å². The number of rotatable bonds is 9. The van der Waals surface area contributed by atoms with E-state index in [1.807, 2.05) is 31.2 Å². The molecule has 0 bridgehead atoms. The van der Waals surface area contributed by atoms with E-state index in [0.717, 1.165) is 6.42 Å². The number of ether oxygens (including phenoxy) is 4. The average Bonchev–Trinajstić information content (AvgIpc) is 2.79. The molecular formula is C24H25NO5. The molecule has 6 nitrogen and oxygen atoms in total. The third-order valence-electron chi connectivity index (χ3n) is 4.30. The molecule has 3 aromatic carbocycles. The zero-order valence-electron chi connectivity index (χ0n) is 17.3. The van der Waals surface area contributed by atoms with Gasteiger partial charge in [-0.15, -0.1) is 0 Å². The molecule has 0 aliphatic carbocycles. The highest BCUT2D eigenvalue weighted by Crippen LogP contribution is 2.32. The number of methoxy groups -OCH3 is 2. The SMILES string of the molecule is CCCOc1ccc(C(=O)Nc2ccc(Oc3ccccc3OC)cc2)cc1OC. The Morgan fingerprint density at radius 2 is 1.53 bits per heavy atom. The molecule has 0 heterocycles. The maximum Gasteiger partial charge on any atom is 0.255 e. The van der Waals surface area contributed by atoms with Crippen molar-refractivity contribution in [3.05, 3.63) is 72.3 Å². The van der Waals surface area contributed by atoms with Gasteiger partial charge in [-0.1, -0.05) is 19.1 Å². The van der Waals surface area contributed by atoms with Crippen molar-refractivity contribution in [3.63, 3.8) is 0 Å². The summed E-state index contributed by atoms with van der Waals surface area (Å²) in [7, 11) is 3.15. The van der Waals surface area contributed by atoms with Crippen molar-refractivity contribution in [2.24, 2.45) is 0 Å².